The summed E-state index contributed by atoms with van der Waals surface area (Å²) < 4.78 is 6.23. The van der Waals surface area contributed by atoms with Crippen molar-refractivity contribution in [3.8, 4) is 0 Å². The third kappa shape index (κ3) is 4.95. The van der Waals surface area contributed by atoms with E-state index in [1.54, 1.807) is 11.8 Å². The lowest BCUT2D eigenvalue weighted by Gasteiger charge is -2.11. The van der Waals surface area contributed by atoms with Crippen LogP contribution in [0.25, 0.3) is 0 Å². The molecule has 0 aliphatic carbocycles. The van der Waals surface area contributed by atoms with Gasteiger partial charge in [-0.3, -0.25) is 14.3 Å². The quantitative estimate of drug-likeness (QED) is 0.563. The Labute approximate surface area is 167 Å². The summed E-state index contributed by atoms with van der Waals surface area (Å²) in [6.45, 7) is 6.33. The SMILES string of the molecule is CCc1cc(Nc2cc(=O)n(CCSCc3cc(C)on3)c(=O)[nH]2)ccc1C. The highest BCUT2D eigenvalue weighted by molar-refractivity contribution is 7.98. The van der Waals surface area contributed by atoms with Gasteiger partial charge in [0.1, 0.15) is 11.6 Å². The summed E-state index contributed by atoms with van der Waals surface area (Å²) in [4.78, 5) is 27.4. The van der Waals surface area contributed by atoms with Crippen molar-refractivity contribution in [2.45, 2.75) is 39.5 Å². The van der Waals surface area contributed by atoms with Crippen LogP contribution in [0.15, 0.2) is 44.4 Å². The van der Waals surface area contributed by atoms with Gasteiger partial charge in [0.15, 0.2) is 0 Å². The lowest BCUT2D eigenvalue weighted by molar-refractivity contribution is 0.393. The Hall–Kier alpha value is -2.74. The van der Waals surface area contributed by atoms with Gasteiger partial charge in [-0.2, -0.15) is 11.8 Å². The van der Waals surface area contributed by atoms with E-state index in [1.807, 2.05) is 31.2 Å². The minimum absolute atomic E-state index is 0.327. The van der Waals surface area contributed by atoms with Crippen molar-refractivity contribution in [3.05, 3.63) is 73.8 Å². The summed E-state index contributed by atoms with van der Waals surface area (Å²) in [6, 6.07) is 9.27. The van der Waals surface area contributed by atoms with Crippen LogP contribution in [0.1, 0.15) is 29.5 Å². The average molecular weight is 401 g/mol. The number of benzene rings is 1. The lowest BCUT2D eigenvalue weighted by atomic mass is 10.1. The van der Waals surface area contributed by atoms with Crippen LogP contribution >= 0.6 is 11.8 Å². The molecule has 0 spiro atoms. The van der Waals surface area contributed by atoms with Gasteiger partial charge in [0.25, 0.3) is 5.56 Å². The molecule has 0 unspecified atom stereocenters. The summed E-state index contributed by atoms with van der Waals surface area (Å²) in [5, 5.41) is 7.04. The number of hydrogen-bond donors (Lipinski definition) is 2. The number of H-pyrrole nitrogens is 1. The highest BCUT2D eigenvalue weighted by Crippen LogP contribution is 2.18. The van der Waals surface area contributed by atoms with Gasteiger partial charge in [0, 0.05) is 35.9 Å². The maximum atomic E-state index is 12.4. The number of hydrogen-bond acceptors (Lipinski definition) is 6. The van der Waals surface area contributed by atoms with Gasteiger partial charge >= 0.3 is 5.69 Å². The number of aryl methyl sites for hydroxylation is 3. The number of aromatic amines is 1. The van der Waals surface area contributed by atoms with Crippen LogP contribution in [0, 0.1) is 13.8 Å². The molecule has 0 aliphatic rings. The van der Waals surface area contributed by atoms with Gasteiger partial charge in [0.05, 0.1) is 5.69 Å². The molecule has 1 aromatic carbocycles. The zero-order valence-electron chi connectivity index (χ0n) is 16.2. The van der Waals surface area contributed by atoms with Crippen LogP contribution in [0.5, 0.6) is 0 Å². The van der Waals surface area contributed by atoms with E-state index in [4.69, 9.17) is 4.52 Å². The Morgan fingerprint density at radius 2 is 2.04 bits per heavy atom. The molecule has 7 nitrogen and oxygen atoms in total. The Balaban J connectivity index is 1.64. The first kappa shape index (κ1) is 20.0. The van der Waals surface area contributed by atoms with Crippen LogP contribution in [0.2, 0.25) is 0 Å². The molecular weight excluding hydrogens is 376 g/mol. The standard InChI is InChI=1S/C20H24N4O3S/c1-4-15-10-16(6-5-13(15)2)21-18-11-19(25)24(20(26)22-18)7-8-28-12-17-9-14(3)27-23-17/h5-6,9-11,21H,4,7-8,12H2,1-3H3,(H,22,26). The van der Waals surface area contributed by atoms with Crippen molar-refractivity contribution in [2.75, 3.05) is 11.1 Å². The largest absolute Gasteiger partial charge is 0.361 e. The smallest absolute Gasteiger partial charge is 0.329 e. The molecule has 148 valence electrons. The summed E-state index contributed by atoms with van der Waals surface area (Å²) in [7, 11) is 0. The molecule has 0 radical (unpaired) electrons. The van der Waals surface area contributed by atoms with E-state index in [0.717, 1.165) is 23.6 Å². The number of rotatable bonds is 8. The molecule has 0 aliphatic heterocycles. The van der Waals surface area contributed by atoms with Gasteiger partial charge < -0.3 is 9.84 Å². The summed E-state index contributed by atoms with van der Waals surface area (Å²) in [5.41, 5.74) is 3.39. The molecule has 0 fully saturated rings. The molecule has 0 atom stereocenters. The third-order valence-corrected chi connectivity index (χ3v) is 5.39. The van der Waals surface area contributed by atoms with Crippen molar-refractivity contribution in [2.24, 2.45) is 0 Å². The molecule has 0 saturated carbocycles. The zero-order chi connectivity index (χ0) is 20.1. The maximum Gasteiger partial charge on any atom is 0.329 e. The second-order valence-electron chi connectivity index (χ2n) is 6.58. The van der Waals surface area contributed by atoms with E-state index in [9.17, 15) is 9.59 Å². The predicted octanol–water partition coefficient (Wildman–Crippen LogP) is 3.38. The fourth-order valence-corrected chi connectivity index (χ4v) is 3.70. The van der Waals surface area contributed by atoms with Gasteiger partial charge in [-0.05, 0) is 43.5 Å². The molecule has 28 heavy (non-hydrogen) atoms. The zero-order valence-corrected chi connectivity index (χ0v) is 17.1. The van der Waals surface area contributed by atoms with Crippen molar-refractivity contribution >= 4 is 23.3 Å². The molecule has 2 N–H and O–H groups in total. The van der Waals surface area contributed by atoms with Crippen molar-refractivity contribution in [1.29, 1.82) is 0 Å². The molecule has 3 rings (SSSR count). The fourth-order valence-electron chi connectivity index (χ4n) is 2.90. The number of nitrogens with one attached hydrogen (secondary N) is 2. The van der Waals surface area contributed by atoms with E-state index in [1.165, 1.54) is 21.8 Å². The Morgan fingerprint density at radius 1 is 1.21 bits per heavy atom. The Bertz CT molecular complexity index is 1040. The van der Waals surface area contributed by atoms with Crippen LogP contribution < -0.4 is 16.6 Å². The first-order chi connectivity index (χ1) is 13.5. The normalized spacial score (nSPS) is 11.0. The first-order valence-electron chi connectivity index (χ1n) is 9.17. The minimum atomic E-state index is -0.421. The summed E-state index contributed by atoms with van der Waals surface area (Å²) in [6.07, 6.45) is 0.922. The molecule has 2 aromatic heterocycles. The fraction of sp³-hybridized carbons (Fsp3) is 0.350. The van der Waals surface area contributed by atoms with Gasteiger partial charge in [-0.25, -0.2) is 4.79 Å². The lowest BCUT2D eigenvalue weighted by Crippen LogP contribution is -2.35. The second kappa shape index (κ2) is 8.97. The molecule has 8 heteroatoms. The van der Waals surface area contributed by atoms with Crippen molar-refractivity contribution < 1.29 is 4.52 Å². The van der Waals surface area contributed by atoms with Gasteiger partial charge in [-0.1, -0.05) is 18.1 Å². The number of anilines is 2. The van der Waals surface area contributed by atoms with Crippen LogP contribution in [0.3, 0.4) is 0 Å². The first-order valence-corrected chi connectivity index (χ1v) is 10.3. The highest BCUT2D eigenvalue weighted by atomic mass is 32.2. The Morgan fingerprint density at radius 3 is 2.71 bits per heavy atom. The molecule has 2 heterocycles. The Kier molecular flexibility index (Phi) is 6.41. The van der Waals surface area contributed by atoms with Crippen LogP contribution in [-0.4, -0.2) is 20.5 Å². The minimum Gasteiger partial charge on any atom is -0.361 e. The molecule has 3 aromatic rings. The topological polar surface area (TPSA) is 92.9 Å². The van der Waals surface area contributed by atoms with E-state index in [2.05, 4.69) is 29.3 Å². The van der Waals surface area contributed by atoms with Crippen LogP contribution in [-0.2, 0) is 18.7 Å². The van der Waals surface area contributed by atoms with Gasteiger partial charge in [-0.15, -0.1) is 0 Å². The van der Waals surface area contributed by atoms with Crippen molar-refractivity contribution in [3.63, 3.8) is 0 Å². The average Bonchev–Trinajstić information content (AvgIpc) is 3.07. The van der Waals surface area contributed by atoms with E-state index < -0.39 is 5.69 Å². The predicted molar refractivity (Wildman–Crippen MR) is 113 cm³/mol. The molecule has 0 saturated heterocycles. The molecule has 0 bridgehead atoms. The van der Waals surface area contributed by atoms with Gasteiger partial charge in [0.2, 0.25) is 0 Å². The van der Waals surface area contributed by atoms with Crippen molar-refractivity contribution in [1.82, 2.24) is 14.7 Å². The summed E-state index contributed by atoms with van der Waals surface area (Å²) >= 11 is 1.59. The van der Waals surface area contributed by atoms with E-state index >= 15 is 0 Å². The number of thioether (sulfide) groups is 1. The second-order valence-corrected chi connectivity index (χ2v) is 7.68. The van der Waals surface area contributed by atoms with Crippen LogP contribution in [0.4, 0.5) is 11.5 Å². The monoisotopic (exact) mass is 400 g/mol. The maximum absolute atomic E-state index is 12.4. The summed E-state index contributed by atoms with van der Waals surface area (Å²) in [5.74, 6) is 2.46. The molecule has 0 amide bonds. The number of nitrogens with zero attached hydrogens (tertiary/aromatic N) is 2. The third-order valence-electron chi connectivity index (χ3n) is 4.42. The highest BCUT2D eigenvalue weighted by Gasteiger charge is 2.07. The molecular formula is C20H24N4O3S. The number of aromatic nitrogens is 3. The van der Waals surface area contributed by atoms with E-state index in [0.29, 0.717) is 23.9 Å². The van der Waals surface area contributed by atoms with E-state index in [-0.39, 0.29) is 5.56 Å².